The van der Waals surface area contributed by atoms with Crippen molar-refractivity contribution in [3.8, 4) is 0 Å². The minimum absolute atomic E-state index is 0.242. The summed E-state index contributed by atoms with van der Waals surface area (Å²) in [6.07, 6.45) is 0. The zero-order chi connectivity index (χ0) is 16.0. The van der Waals surface area contributed by atoms with Gasteiger partial charge in [0.1, 0.15) is 0 Å². The summed E-state index contributed by atoms with van der Waals surface area (Å²) in [6, 6.07) is -0.425. The molecule has 0 aromatic carbocycles. The summed E-state index contributed by atoms with van der Waals surface area (Å²) in [5.74, 6) is 0.426. The molecule has 0 spiro atoms. The van der Waals surface area contributed by atoms with E-state index in [1.54, 1.807) is 0 Å². The lowest BCUT2D eigenvalue weighted by Crippen LogP contribution is -2.53. The SMILES string of the molecule is CC(C)CN1CCN(CC(=O)NC(=O)NC(C)(C)C)CC1. The fraction of sp³-hybridized carbons (Fsp3) is 0.867. The van der Waals surface area contributed by atoms with Crippen molar-refractivity contribution in [2.45, 2.75) is 40.2 Å². The average Bonchev–Trinajstić information content (AvgIpc) is 2.28. The summed E-state index contributed by atoms with van der Waals surface area (Å²) < 4.78 is 0. The van der Waals surface area contributed by atoms with Crippen molar-refractivity contribution >= 4 is 11.9 Å². The molecular formula is C15H30N4O2. The molecule has 1 aliphatic rings. The van der Waals surface area contributed by atoms with Gasteiger partial charge in [0, 0.05) is 38.3 Å². The zero-order valence-electron chi connectivity index (χ0n) is 14.0. The summed E-state index contributed by atoms with van der Waals surface area (Å²) in [7, 11) is 0. The second-order valence-electron chi connectivity index (χ2n) is 7.22. The number of hydrogen-bond acceptors (Lipinski definition) is 4. The van der Waals surface area contributed by atoms with Crippen molar-refractivity contribution in [1.29, 1.82) is 0 Å². The van der Waals surface area contributed by atoms with Crippen molar-refractivity contribution in [2.24, 2.45) is 5.92 Å². The van der Waals surface area contributed by atoms with Crippen molar-refractivity contribution < 1.29 is 9.59 Å². The lowest BCUT2D eigenvalue weighted by Gasteiger charge is -2.35. The standard InChI is InChI=1S/C15H30N4O2/c1-12(2)10-18-6-8-19(9-7-18)11-13(20)16-14(21)17-15(3,4)5/h12H,6-11H2,1-5H3,(H2,16,17,20,21). The quantitative estimate of drug-likeness (QED) is 0.809. The lowest BCUT2D eigenvalue weighted by atomic mass is 10.1. The first-order valence-corrected chi connectivity index (χ1v) is 7.72. The molecule has 1 saturated heterocycles. The predicted molar refractivity (Wildman–Crippen MR) is 84.1 cm³/mol. The molecule has 122 valence electrons. The van der Waals surface area contributed by atoms with E-state index in [1.807, 2.05) is 20.8 Å². The molecule has 6 heteroatoms. The van der Waals surface area contributed by atoms with E-state index in [1.165, 1.54) is 0 Å². The van der Waals surface area contributed by atoms with E-state index in [-0.39, 0.29) is 18.0 Å². The second-order valence-corrected chi connectivity index (χ2v) is 7.22. The maximum atomic E-state index is 11.8. The molecule has 0 aromatic heterocycles. The van der Waals surface area contributed by atoms with Crippen LogP contribution >= 0.6 is 0 Å². The van der Waals surface area contributed by atoms with Crippen LogP contribution < -0.4 is 10.6 Å². The first-order valence-electron chi connectivity index (χ1n) is 7.72. The normalized spacial score (nSPS) is 17.8. The number of imide groups is 1. The Morgan fingerprint density at radius 2 is 1.57 bits per heavy atom. The molecule has 1 fully saturated rings. The summed E-state index contributed by atoms with van der Waals surface area (Å²) in [4.78, 5) is 28.0. The number of piperazine rings is 1. The Bertz CT molecular complexity index is 355. The van der Waals surface area contributed by atoms with Gasteiger partial charge in [-0.05, 0) is 26.7 Å². The van der Waals surface area contributed by atoms with Crippen LogP contribution in [0.4, 0.5) is 4.79 Å². The Balaban J connectivity index is 2.26. The van der Waals surface area contributed by atoms with Crippen LogP contribution in [-0.4, -0.2) is 66.5 Å². The first kappa shape index (κ1) is 17.9. The van der Waals surface area contributed by atoms with Crippen LogP contribution in [0.5, 0.6) is 0 Å². The molecular weight excluding hydrogens is 268 g/mol. The number of amides is 3. The van der Waals surface area contributed by atoms with E-state index < -0.39 is 6.03 Å². The number of nitrogens with one attached hydrogen (secondary N) is 2. The van der Waals surface area contributed by atoms with Gasteiger partial charge in [-0.3, -0.25) is 15.0 Å². The highest BCUT2D eigenvalue weighted by Crippen LogP contribution is 2.05. The number of hydrogen-bond donors (Lipinski definition) is 2. The topological polar surface area (TPSA) is 64.7 Å². The van der Waals surface area contributed by atoms with E-state index in [0.717, 1.165) is 32.7 Å². The van der Waals surface area contributed by atoms with E-state index in [4.69, 9.17) is 0 Å². The van der Waals surface area contributed by atoms with E-state index in [9.17, 15) is 9.59 Å². The first-order chi connectivity index (χ1) is 9.65. The third kappa shape index (κ3) is 8.02. The van der Waals surface area contributed by atoms with Crippen molar-refractivity contribution in [3.05, 3.63) is 0 Å². The van der Waals surface area contributed by atoms with Crippen LogP contribution in [0.15, 0.2) is 0 Å². The molecule has 0 saturated carbocycles. The molecule has 1 heterocycles. The van der Waals surface area contributed by atoms with Gasteiger partial charge in [-0.1, -0.05) is 13.8 Å². The van der Waals surface area contributed by atoms with Crippen LogP contribution in [0.25, 0.3) is 0 Å². The number of carbonyl (C=O) groups is 2. The fourth-order valence-corrected chi connectivity index (χ4v) is 2.39. The number of nitrogens with zero attached hydrogens (tertiary/aromatic N) is 2. The molecule has 0 atom stereocenters. The zero-order valence-corrected chi connectivity index (χ0v) is 14.0. The predicted octanol–water partition coefficient (Wildman–Crippen LogP) is 0.884. The molecule has 1 aliphatic heterocycles. The van der Waals surface area contributed by atoms with Gasteiger partial charge >= 0.3 is 6.03 Å². The molecule has 2 N–H and O–H groups in total. The van der Waals surface area contributed by atoms with Crippen LogP contribution in [0, 0.1) is 5.92 Å². The van der Waals surface area contributed by atoms with Gasteiger partial charge in [-0.15, -0.1) is 0 Å². The van der Waals surface area contributed by atoms with Gasteiger partial charge in [0.2, 0.25) is 5.91 Å². The minimum Gasteiger partial charge on any atom is -0.333 e. The van der Waals surface area contributed by atoms with Gasteiger partial charge in [-0.25, -0.2) is 4.79 Å². The molecule has 1 rings (SSSR count). The number of rotatable bonds is 4. The van der Waals surface area contributed by atoms with E-state index in [2.05, 4.69) is 34.3 Å². The van der Waals surface area contributed by atoms with Gasteiger partial charge in [0.25, 0.3) is 0 Å². The van der Waals surface area contributed by atoms with Crippen LogP contribution in [0.1, 0.15) is 34.6 Å². The fourth-order valence-electron chi connectivity index (χ4n) is 2.39. The van der Waals surface area contributed by atoms with Crippen molar-refractivity contribution in [3.63, 3.8) is 0 Å². The number of carbonyl (C=O) groups excluding carboxylic acids is 2. The molecule has 0 unspecified atom stereocenters. The Morgan fingerprint density at radius 1 is 1.05 bits per heavy atom. The second kappa shape index (κ2) is 7.75. The van der Waals surface area contributed by atoms with Gasteiger partial charge in [-0.2, -0.15) is 0 Å². The molecule has 3 amide bonds. The molecule has 21 heavy (non-hydrogen) atoms. The van der Waals surface area contributed by atoms with E-state index in [0.29, 0.717) is 5.92 Å². The van der Waals surface area contributed by atoms with Gasteiger partial charge in [0.05, 0.1) is 6.54 Å². The smallest absolute Gasteiger partial charge is 0.321 e. The van der Waals surface area contributed by atoms with Crippen LogP contribution in [0.2, 0.25) is 0 Å². The Kier molecular flexibility index (Phi) is 6.61. The Hall–Kier alpha value is -1.14. The lowest BCUT2D eigenvalue weighted by molar-refractivity contribution is -0.121. The highest BCUT2D eigenvalue weighted by Gasteiger charge is 2.21. The molecule has 0 radical (unpaired) electrons. The van der Waals surface area contributed by atoms with Crippen molar-refractivity contribution in [2.75, 3.05) is 39.3 Å². The van der Waals surface area contributed by atoms with Crippen LogP contribution in [-0.2, 0) is 4.79 Å². The molecule has 0 bridgehead atoms. The third-order valence-corrected chi connectivity index (χ3v) is 3.20. The Morgan fingerprint density at radius 3 is 2.05 bits per heavy atom. The largest absolute Gasteiger partial charge is 0.333 e. The average molecular weight is 298 g/mol. The van der Waals surface area contributed by atoms with Crippen LogP contribution in [0.3, 0.4) is 0 Å². The van der Waals surface area contributed by atoms with Gasteiger partial charge < -0.3 is 10.2 Å². The monoisotopic (exact) mass is 298 g/mol. The molecule has 6 nitrogen and oxygen atoms in total. The minimum atomic E-state index is -0.425. The van der Waals surface area contributed by atoms with Gasteiger partial charge in [0.15, 0.2) is 0 Å². The van der Waals surface area contributed by atoms with E-state index >= 15 is 0 Å². The summed E-state index contributed by atoms with van der Waals surface area (Å²) >= 11 is 0. The number of urea groups is 1. The third-order valence-electron chi connectivity index (χ3n) is 3.20. The Labute approximate surface area is 128 Å². The molecule has 0 aromatic rings. The summed E-state index contributed by atoms with van der Waals surface area (Å²) in [5, 5.41) is 5.10. The highest BCUT2D eigenvalue weighted by atomic mass is 16.2. The van der Waals surface area contributed by atoms with Crippen molar-refractivity contribution in [1.82, 2.24) is 20.4 Å². The summed E-state index contributed by atoms with van der Waals surface area (Å²) in [5.41, 5.74) is -0.340. The maximum absolute atomic E-state index is 11.8. The summed E-state index contributed by atoms with van der Waals surface area (Å²) in [6.45, 7) is 15.2. The molecule has 0 aliphatic carbocycles. The maximum Gasteiger partial charge on any atom is 0.321 e. The highest BCUT2D eigenvalue weighted by molar-refractivity contribution is 5.95.